The molecule has 3 aromatic rings. The van der Waals surface area contributed by atoms with Gasteiger partial charge in [-0.2, -0.15) is 0 Å². The van der Waals surface area contributed by atoms with Crippen molar-refractivity contribution >= 4 is 55.2 Å². The highest BCUT2D eigenvalue weighted by Crippen LogP contribution is 2.48. The van der Waals surface area contributed by atoms with E-state index in [1.807, 2.05) is 24.3 Å². The number of rotatable bonds is 39. The van der Waals surface area contributed by atoms with E-state index in [9.17, 15) is 24.0 Å². The molecule has 0 N–H and O–H groups in total. The van der Waals surface area contributed by atoms with Crippen LogP contribution in [0.25, 0.3) is 20.2 Å². The van der Waals surface area contributed by atoms with Gasteiger partial charge < -0.3 is 61.6 Å². The Morgan fingerprint density at radius 2 is 1.06 bits per heavy atom. The molecule has 5 unspecified atom stereocenters. The summed E-state index contributed by atoms with van der Waals surface area (Å²) in [5, 5.41) is 1.16. The molecule has 1 saturated carbocycles. The molecule has 1 aliphatic carbocycles. The van der Waals surface area contributed by atoms with Crippen LogP contribution in [0.1, 0.15) is 33.6 Å². The van der Waals surface area contributed by atoms with Crippen molar-refractivity contribution in [2.24, 2.45) is 17.3 Å². The van der Waals surface area contributed by atoms with Crippen LogP contribution in [-0.4, -0.2) is 148 Å². The minimum absolute atomic E-state index is 0.0741. The van der Waals surface area contributed by atoms with Gasteiger partial charge in [0.25, 0.3) is 0 Å². The highest BCUT2D eigenvalue weighted by molar-refractivity contribution is 7.24. The van der Waals surface area contributed by atoms with Gasteiger partial charge in [-0.25, -0.2) is 14.4 Å². The van der Waals surface area contributed by atoms with Crippen molar-refractivity contribution in [3.05, 3.63) is 90.7 Å². The minimum Gasteiger partial charge on any atom is -0.486 e. The Balaban J connectivity index is 1.41. The largest absolute Gasteiger partial charge is 0.486 e. The van der Waals surface area contributed by atoms with Crippen LogP contribution in [0.2, 0.25) is 0 Å². The number of carbonyl (C=O) groups is 4. The Bertz CT molecular complexity index is 2050. The lowest BCUT2D eigenvalue weighted by molar-refractivity contribution is -0.218. The zero-order chi connectivity index (χ0) is 49.9. The van der Waals surface area contributed by atoms with Crippen LogP contribution in [0.4, 0.5) is 0 Å². The molecular weight excluding hydrogens is 921 g/mol. The van der Waals surface area contributed by atoms with Crippen LogP contribution in [-0.2, 0) is 76.0 Å². The number of Topliss-reactive ketones (excluding diaryl/α,β-unsaturated/α-hetero) is 1. The van der Waals surface area contributed by atoms with Crippen LogP contribution in [0.15, 0.2) is 85.2 Å². The monoisotopic (exact) mass is 986 g/mol. The summed E-state index contributed by atoms with van der Waals surface area (Å²) >= 11 is 1.52. The van der Waals surface area contributed by atoms with Crippen molar-refractivity contribution in [3.8, 4) is 5.75 Å². The van der Waals surface area contributed by atoms with Gasteiger partial charge in [0.1, 0.15) is 32.2 Å². The van der Waals surface area contributed by atoms with Crippen molar-refractivity contribution in [2.75, 3.05) is 106 Å². The first-order valence-corrected chi connectivity index (χ1v) is 23.6. The summed E-state index contributed by atoms with van der Waals surface area (Å²) in [6.07, 6.45) is 2.20. The minimum atomic E-state index is -0.858. The Labute approximate surface area is 406 Å². The summed E-state index contributed by atoms with van der Waals surface area (Å²) in [5.74, 6) is -1.65. The Kier molecular flexibility index (Phi) is 25.7. The molecule has 4 rings (SSSR count). The van der Waals surface area contributed by atoms with Gasteiger partial charge in [0.05, 0.1) is 79.3 Å². The first kappa shape index (κ1) is 56.7. The second kappa shape index (κ2) is 31.3. The molecule has 5 atom stereocenters. The fourth-order valence-electron chi connectivity index (χ4n) is 6.79. The highest BCUT2D eigenvalue weighted by Gasteiger charge is 2.48. The lowest BCUT2D eigenvalue weighted by Crippen LogP contribution is -2.42. The quantitative estimate of drug-likeness (QED) is 0.0167. The third kappa shape index (κ3) is 21.3. The molecule has 1 aliphatic rings. The van der Waals surface area contributed by atoms with Gasteiger partial charge in [-0.05, 0) is 69.9 Å². The van der Waals surface area contributed by atoms with Gasteiger partial charge in [-0.15, -0.1) is 11.3 Å². The summed E-state index contributed by atoms with van der Waals surface area (Å²) in [6, 6.07) is 12.8. The molecule has 69 heavy (non-hydrogen) atoms. The third-order valence-corrected chi connectivity index (χ3v) is 11.6. The summed E-state index contributed by atoms with van der Waals surface area (Å²) in [7, 11) is 0. The number of carbonyl (C=O) groups excluding carboxylic acids is 4. The lowest BCUT2D eigenvalue weighted by Gasteiger charge is -2.36. The van der Waals surface area contributed by atoms with E-state index in [2.05, 4.69) is 19.7 Å². The van der Waals surface area contributed by atoms with Gasteiger partial charge in [-0.3, -0.25) is 9.59 Å². The maximum absolute atomic E-state index is 13.7. The van der Waals surface area contributed by atoms with Gasteiger partial charge in [0.15, 0.2) is 30.1 Å². The third-order valence-electron chi connectivity index (χ3n) is 10.5. The lowest BCUT2D eigenvalue weighted by atomic mass is 9.84. The topological polar surface area (TPSA) is 205 Å². The fourth-order valence-corrected chi connectivity index (χ4v) is 7.84. The molecule has 0 aliphatic heterocycles. The van der Waals surface area contributed by atoms with Gasteiger partial charge in [0.2, 0.25) is 0 Å². The number of ketones is 1. The number of esters is 3. The average Bonchev–Trinajstić information content (AvgIpc) is 4.13. The molecule has 1 fully saturated rings. The normalized spacial score (nSPS) is 16.4. The molecule has 19 heteroatoms. The van der Waals surface area contributed by atoms with Crippen molar-refractivity contribution in [1.29, 1.82) is 0 Å². The predicted octanol–water partition coefficient (Wildman–Crippen LogP) is 5.75. The summed E-state index contributed by atoms with van der Waals surface area (Å²) in [6.45, 7) is 17.4. The molecule has 380 valence electrons. The van der Waals surface area contributed by atoms with Crippen molar-refractivity contribution in [2.45, 2.75) is 52.5 Å². The molecule has 0 spiro atoms. The maximum atomic E-state index is 13.7. The molecule has 2 aromatic carbocycles. The number of hydrogen-bond acceptors (Lipinski definition) is 19. The Morgan fingerprint density at radius 1 is 0.609 bits per heavy atom. The Hall–Kier alpha value is -4.93. The number of fused-ring (bicyclic) bond motifs is 2. The molecule has 0 radical (unpaired) electrons. The molecule has 1 aromatic heterocycles. The number of benzene rings is 2. The van der Waals surface area contributed by atoms with E-state index >= 15 is 0 Å². The average molecular weight is 987 g/mol. The molecule has 0 bridgehead atoms. The number of ether oxygens (including phenoxy) is 13. The van der Waals surface area contributed by atoms with Crippen LogP contribution < -0.4 is 10.2 Å². The Morgan fingerprint density at radius 3 is 1.54 bits per heavy atom. The number of hydrogen-bond donors (Lipinski definition) is 0. The fraction of sp³-hybridized carbons (Fsp3) is 0.540. The predicted molar refractivity (Wildman–Crippen MR) is 255 cm³/mol. The van der Waals surface area contributed by atoms with Crippen LogP contribution in [0, 0.1) is 17.3 Å². The van der Waals surface area contributed by atoms with E-state index in [-0.39, 0.29) is 129 Å². The van der Waals surface area contributed by atoms with Crippen molar-refractivity contribution in [3.63, 3.8) is 0 Å². The van der Waals surface area contributed by atoms with Gasteiger partial charge >= 0.3 is 17.9 Å². The maximum Gasteiger partial charge on any atom is 0.330 e. The van der Waals surface area contributed by atoms with Crippen LogP contribution in [0.3, 0.4) is 0 Å². The van der Waals surface area contributed by atoms with E-state index in [0.717, 1.165) is 27.6 Å². The van der Waals surface area contributed by atoms with Gasteiger partial charge in [0, 0.05) is 49.7 Å². The first-order chi connectivity index (χ1) is 33.4. The van der Waals surface area contributed by atoms with E-state index < -0.39 is 42.2 Å². The van der Waals surface area contributed by atoms with Crippen molar-refractivity contribution < 1.29 is 80.8 Å². The van der Waals surface area contributed by atoms with Crippen molar-refractivity contribution in [1.82, 2.24) is 0 Å². The van der Waals surface area contributed by atoms with E-state index in [0.29, 0.717) is 29.4 Å². The smallest absolute Gasteiger partial charge is 0.330 e. The molecule has 0 amide bonds. The summed E-state index contributed by atoms with van der Waals surface area (Å²) < 4.78 is 75.6. The summed E-state index contributed by atoms with van der Waals surface area (Å²) in [4.78, 5) is 60.9. The molecular formula is C50H66O18S. The van der Waals surface area contributed by atoms with Crippen LogP contribution in [0.5, 0.6) is 5.75 Å². The van der Waals surface area contributed by atoms with Crippen LogP contribution >= 0.6 is 11.3 Å². The highest BCUT2D eigenvalue weighted by atomic mass is 32.1. The summed E-state index contributed by atoms with van der Waals surface area (Å²) in [5.41, 5.74) is -0.949. The zero-order valence-corrected chi connectivity index (χ0v) is 40.6. The van der Waals surface area contributed by atoms with Gasteiger partial charge in [-0.1, -0.05) is 31.9 Å². The second-order valence-corrected chi connectivity index (χ2v) is 16.9. The zero-order valence-electron chi connectivity index (χ0n) is 39.8. The molecule has 1 heterocycles. The first-order valence-electron chi connectivity index (χ1n) is 22.8. The second-order valence-electron chi connectivity index (χ2n) is 15.8. The molecule has 18 nitrogen and oxygen atoms in total. The molecule has 0 saturated heterocycles. The standard InChI is InChI=1S/C50H66O18S/c1-7-46(52)62-25-19-56-16-22-59-35(4)66-32-50(33-67-36(5)60-23-17-57-20-26-63-47(53)8-2,34-68-37(6)61-24-18-58-21-27-64-48(54)9-3)30-38-28-41(38)43(51)31-65-39-14-15-45-42(29-39)49(55)40-12-10-11-13-44(40)69-45/h7-15,29,35-38,41H,1-3,16-28,30-34H2,4-6H3. The van der Waals surface area contributed by atoms with E-state index in [4.69, 9.17) is 61.6 Å². The van der Waals surface area contributed by atoms with E-state index in [1.54, 1.807) is 39.0 Å². The van der Waals surface area contributed by atoms with E-state index in [1.165, 1.54) is 11.3 Å². The SMILES string of the molecule is C=CC(=O)OCCOCCOC(C)OCC(COC(C)OCCOCCOC(=O)C=C)(COC(C)OCCOCCOC(=O)C=C)CC1CC1C(=O)COc1ccc2sc3ccccc3c(=O)c2c1.